The average molecular weight is 531 g/mol. The molecule has 0 bridgehead atoms. The highest BCUT2D eigenvalue weighted by molar-refractivity contribution is 7.13. The molecule has 10 heteroatoms. The summed E-state index contributed by atoms with van der Waals surface area (Å²) in [6.45, 7) is 11.7. The molecule has 1 aliphatic rings. The lowest BCUT2D eigenvalue weighted by molar-refractivity contribution is -0.140. The number of likely N-dealkylation sites (tertiary alicyclic amines) is 1. The average Bonchev–Trinajstić information content (AvgIpc) is 3.48. The highest BCUT2D eigenvalue weighted by atomic mass is 32.1. The number of rotatable bonds is 8. The van der Waals surface area contributed by atoms with E-state index in [1.165, 1.54) is 0 Å². The van der Waals surface area contributed by atoms with Crippen LogP contribution in [0.2, 0.25) is 0 Å². The van der Waals surface area contributed by atoms with Gasteiger partial charge in [0.2, 0.25) is 11.8 Å². The summed E-state index contributed by atoms with van der Waals surface area (Å²) in [5, 5.41) is 5.67. The number of methoxy groups -OCH3 is 1. The van der Waals surface area contributed by atoms with E-state index in [0.717, 1.165) is 21.7 Å². The Labute approximate surface area is 222 Å². The number of carbonyl (C=O) groups excluding carboxylic acids is 3. The van der Waals surface area contributed by atoms with E-state index in [0.29, 0.717) is 25.1 Å². The van der Waals surface area contributed by atoms with Gasteiger partial charge < -0.3 is 25.0 Å². The van der Waals surface area contributed by atoms with E-state index in [4.69, 9.17) is 9.47 Å². The van der Waals surface area contributed by atoms with Crippen LogP contribution in [-0.2, 0) is 20.9 Å². The first-order valence-electron chi connectivity index (χ1n) is 12.6. The highest BCUT2D eigenvalue weighted by Crippen LogP contribution is 2.32. The minimum Gasteiger partial charge on any atom is -0.496 e. The van der Waals surface area contributed by atoms with Gasteiger partial charge in [0.15, 0.2) is 0 Å². The topological polar surface area (TPSA) is 110 Å². The number of aromatic nitrogens is 1. The Morgan fingerprint density at radius 2 is 1.97 bits per heavy atom. The zero-order valence-electron chi connectivity index (χ0n) is 22.7. The number of hydrogen-bond donors (Lipinski definition) is 2. The lowest BCUT2D eigenvalue weighted by Crippen LogP contribution is -2.55. The predicted molar refractivity (Wildman–Crippen MR) is 143 cm³/mol. The molecule has 1 aromatic carbocycles. The summed E-state index contributed by atoms with van der Waals surface area (Å²) in [4.78, 5) is 45.9. The summed E-state index contributed by atoms with van der Waals surface area (Å²) >= 11 is 1.57. The maximum absolute atomic E-state index is 13.4. The van der Waals surface area contributed by atoms with Crippen LogP contribution in [0, 0.1) is 12.8 Å². The largest absolute Gasteiger partial charge is 0.496 e. The van der Waals surface area contributed by atoms with Gasteiger partial charge >= 0.3 is 6.09 Å². The molecule has 3 rings (SSSR count). The normalized spacial score (nSPS) is 16.4. The molecular weight excluding hydrogens is 492 g/mol. The molecule has 37 heavy (non-hydrogen) atoms. The third-order valence-electron chi connectivity index (χ3n) is 6.19. The first-order chi connectivity index (χ1) is 17.4. The van der Waals surface area contributed by atoms with E-state index in [1.54, 1.807) is 44.1 Å². The van der Waals surface area contributed by atoms with Gasteiger partial charge in [0.05, 0.1) is 23.2 Å². The fourth-order valence-corrected chi connectivity index (χ4v) is 5.14. The second kappa shape index (κ2) is 11.9. The van der Waals surface area contributed by atoms with Crippen LogP contribution in [-0.4, -0.2) is 59.1 Å². The first-order valence-corrected chi connectivity index (χ1v) is 13.4. The molecule has 1 aliphatic heterocycles. The van der Waals surface area contributed by atoms with Crippen LogP contribution in [0.15, 0.2) is 23.7 Å². The number of amides is 3. The fourth-order valence-electron chi connectivity index (χ4n) is 4.34. The van der Waals surface area contributed by atoms with Crippen molar-refractivity contribution in [2.75, 3.05) is 13.7 Å². The van der Waals surface area contributed by atoms with Crippen LogP contribution in [0.25, 0.3) is 10.4 Å². The molecular formula is C27H38N4O5S. The number of alkyl carbamates (subject to hydrolysis) is 1. The number of benzene rings is 1. The lowest BCUT2D eigenvalue weighted by atomic mass is 10.0. The molecule has 202 valence electrons. The second-order valence-electron chi connectivity index (χ2n) is 10.6. The van der Waals surface area contributed by atoms with Gasteiger partial charge in [0.1, 0.15) is 23.4 Å². The number of nitrogens with zero attached hydrogens (tertiary/aromatic N) is 2. The molecule has 0 spiro atoms. The second-order valence-corrected chi connectivity index (χ2v) is 11.4. The van der Waals surface area contributed by atoms with Gasteiger partial charge in [0.25, 0.3) is 0 Å². The number of ether oxygens (including phenoxy) is 2. The van der Waals surface area contributed by atoms with Gasteiger partial charge in [-0.15, -0.1) is 11.3 Å². The molecule has 0 radical (unpaired) electrons. The molecule has 2 aromatic rings. The van der Waals surface area contributed by atoms with Crippen LogP contribution in [0.1, 0.15) is 58.7 Å². The van der Waals surface area contributed by atoms with Crippen molar-refractivity contribution in [3.05, 3.63) is 35.0 Å². The van der Waals surface area contributed by atoms with Crippen LogP contribution >= 0.6 is 11.3 Å². The summed E-state index contributed by atoms with van der Waals surface area (Å²) in [7, 11) is 1.60. The van der Waals surface area contributed by atoms with Crippen molar-refractivity contribution in [1.82, 2.24) is 20.5 Å². The summed E-state index contributed by atoms with van der Waals surface area (Å²) < 4.78 is 10.9. The van der Waals surface area contributed by atoms with Crippen molar-refractivity contribution in [1.29, 1.82) is 0 Å². The predicted octanol–water partition coefficient (Wildman–Crippen LogP) is 4.28. The monoisotopic (exact) mass is 530 g/mol. The Kier molecular flexibility index (Phi) is 9.17. The van der Waals surface area contributed by atoms with Crippen molar-refractivity contribution < 1.29 is 23.9 Å². The van der Waals surface area contributed by atoms with Gasteiger partial charge in [-0.05, 0) is 58.1 Å². The number of aryl methyl sites for hydroxylation is 1. The Morgan fingerprint density at radius 3 is 2.57 bits per heavy atom. The van der Waals surface area contributed by atoms with Crippen LogP contribution < -0.4 is 15.4 Å². The molecule has 2 N–H and O–H groups in total. The lowest BCUT2D eigenvalue weighted by Gasteiger charge is -2.31. The number of carbonyl (C=O) groups is 3. The molecule has 1 fully saturated rings. The maximum Gasteiger partial charge on any atom is 0.408 e. The van der Waals surface area contributed by atoms with E-state index < -0.39 is 23.8 Å². The Bertz CT molecular complexity index is 1120. The van der Waals surface area contributed by atoms with Gasteiger partial charge in [-0.1, -0.05) is 26.0 Å². The number of nitrogens with one attached hydrogen (secondary N) is 2. The van der Waals surface area contributed by atoms with E-state index in [9.17, 15) is 14.4 Å². The van der Waals surface area contributed by atoms with Crippen molar-refractivity contribution >= 4 is 29.2 Å². The molecule has 1 saturated heterocycles. The molecule has 0 saturated carbocycles. The molecule has 9 nitrogen and oxygen atoms in total. The molecule has 3 amide bonds. The quantitative estimate of drug-likeness (QED) is 0.527. The number of thiazole rings is 1. The maximum atomic E-state index is 13.4. The van der Waals surface area contributed by atoms with Crippen molar-refractivity contribution in [2.45, 2.75) is 78.6 Å². The SMILES string of the molecule is COc1cc(-c2scnc2C)ccc1CNC(=O)C1CCCN1C(=O)C(NC(=O)OC(C)(C)C)C(C)C. The molecule has 2 atom stereocenters. The van der Waals surface area contributed by atoms with E-state index in [-0.39, 0.29) is 24.3 Å². The Hall–Kier alpha value is -3.14. The van der Waals surface area contributed by atoms with E-state index in [1.807, 2.05) is 44.5 Å². The van der Waals surface area contributed by atoms with Crippen molar-refractivity contribution in [2.24, 2.45) is 5.92 Å². The van der Waals surface area contributed by atoms with E-state index >= 15 is 0 Å². The Morgan fingerprint density at radius 1 is 1.24 bits per heavy atom. The standard InChI is InChI=1S/C27H38N4O5S/c1-16(2)22(30-26(34)36-27(4,5)6)25(33)31-12-8-9-20(31)24(32)28-14-19-11-10-18(13-21(19)35-7)23-17(3)29-15-37-23/h10-11,13,15-16,20,22H,8-9,12,14H2,1-7H3,(H,28,32)(H,30,34). The summed E-state index contributed by atoms with van der Waals surface area (Å²) in [5.74, 6) is -0.00361. The van der Waals surface area contributed by atoms with Gasteiger partial charge in [-0.3, -0.25) is 9.59 Å². The van der Waals surface area contributed by atoms with Gasteiger partial charge in [-0.25, -0.2) is 9.78 Å². The van der Waals surface area contributed by atoms with Crippen LogP contribution in [0.5, 0.6) is 5.75 Å². The minimum absolute atomic E-state index is 0.172. The zero-order valence-corrected chi connectivity index (χ0v) is 23.5. The molecule has 0 aliphatic carbocycles. The van der Waals surface area contributed by atoms with Crippen LogP contribution in [0.4, 0.5) is 4.79 Å². The Balaban J connectivity index is 1.67. The summed E-state index contributed by atoms with van der Waals surface area (Å²) in [5.41, 5.74) is 3.94. The van der Waals surface area contributed by atoms with Crippen molar-refractivity contribution in [3.63, 3.8) is 0 Å². The minimum atomic E-state index is -0.786. The molecule has 1 aromatic heterocycles. The van der Waals surface area contributed by atoms with Gasteiger partial charge in [-0.2, -0.15) is 0 Å². The van der Waals surface area contributed by atoms with E-state index in [2.05, 4.69) is 15.6 Å². The highest BCUT2D eigenvalue weighted by Gasteiger charge is 2.39. The summed E-state index contributed by atoms with van der Waals surface area (Å²) in [6, 6.07) is 4.49. The van der Waals surface area contributed by atoms with Gasteiger partial charge in [0, 0.05) is 18.7 Å². The molecule has 2 unspecified atom stereocenters. The number of hydrogen-bond acceptors (Lipinski definition) is 7. The fraction of sp³-hybridized carbons (Fsp3) is 0.556. The third-order valence-corrected chi connectivity index (χ3v) is 7.17. The summed E-state index contributed by atoms with van der Waals surface area (Å²) in [6.07, 6.45) is 0.631. The zero-order chi connectivity index (χ0) is 27.3. The van der Waals surface area contributed by atoms with Crippen LogP contribution in [0.3, 0.4) is 0 Å². The smallest absolute Gasteiger partial charge is 0.408 e. The van der Waals surface area contributed by atoms with Crippen molar-refractivity contribution in [3.8, 4) is 16.2 Å². The molecule has 2 heterocycles. The first kappa shape index (κ1) is 28.4. The third kappa shape index (κ3) is 7.21.